The fraction of sp³-hybridized carbons (Fsp3) is 0.516. The van der Waals surface area contributed by atoms with Crippen molar-refractivity contribution in [1.29, 1.82) is 5.26 Å². The Morgan fingerprint density at radius 1 is 1.03 bits per heavy atom. The summed E-state index contributed by atoms with van der Waals surface area (Å²) in [7, 11) is 0. The van der Waals surface area contributed by atoms with Crippen LogP contribution in [0.3, 0.4) is 0 Å². The number of thioether (sulfide) groups is 1. The van der Waals surface area contributed by atoms with Crippen molar-refractivity contribution in [1.82, 2.24) is 19.4 Å². The molecule has 6 nitrogen and oxygen atoms in total. The van der Waals surface area contributed by atoms with Gasteiger partial charge in [-0.2, -0.15) is 5.26 Å². The summed E-state index contributed by atoms with van der Waals surface area (Å²) in [5.74, 6) is 1.16. The SMILES string of the molecule is CS/C(=N\C#N)N1CCC(CCN2C3CCC2CC(n2c(C)nc4ccccc42)C3)(c2ccccc2)CC1. The molecule has 0 amide bonds. The van der Waals surface area contributed by atoms with E-state index in [0.29, 0.717) is 18.1 Å². The summed E-state index contributed by atoms with van der Waals surface area (Å²) < 4.78 is 2.53. The molecule has 0 spiro atoms. The van der Waals surface area contributed by atoms with Crippen LogP contribution in [0.25, 0.3) is 11.0 Å². The molecule has 3 aliphatic heterocycles. The van der Waals surface area contributed by atoms with E-state index in [4.69, 9.17) is 10.2 Å². The highest BCUT2D eigenvalue weighted by molar-refractivity contribution is 8.13. The van der Waals surface area contributed by atoms with Gasteiger partial charge in [-0.3, -0.25) is 4.90 Å². The number of para-hydroxylation sites is 2. The summed E-state index contributed by atoms with van der Waals surface area (Å²) in [6, 6.07) is 21.7. The maximum absolute atomic E-state index is 9.12. The van der Waals surface area contributed by atoms with Crippen LogP contribution in [0.1, 0.15) is 62.4 Å². The Labute approximate surface area is 230 Å². The van der Waals surface area contributed by atoms with Gasteiger partial charge in [-0.1, -0.05) is 54.2 Å². The molecule has 1 aromatic heterocycles. The van der Waals surface area contributed by atoms with E-state index >= 15 is 0 Å². The lowest BCUT2D eigenvalue weighted by Gasteiger charge is -2.46. The van der Waals surface area contributed by atoms with Crippen molar-refractivity contribution in [3.05, 3.63) is 66.0 Å². The number of fused-ring (bicyclic) bond motifs is 3. The third-order valence-corrected chi connectivity index (χ3v) is 10.3. The molecule has 0 aliphatic carbocycles. The standard InChI is InChI=1S/C31H38N6S/c1-23-34-28-10-6-7-11-29(28)37(23)27-20-25-12-13-26(21-27)36(25)19-16-31(24-8-4-3-5-9-24)14-17-35(18-15-31)30(38-2)33-22-32/h3-11,25-27H,12-21H2,1-2H3/b33-30-. The number of hydrogen-bond acceptors (Lipinski definition) is 5. The van der Waals surface area contributed by atoms with E-state index in [1.54, 1.807) is 11.8 Å². The van der Waals surface area contributed by atoms with Crippen LogP contribution in [-0.2, 0) is 5.41 Å². The van der Waals surface area contributed by atoms with Crippen molar-refractivity contribution >= 4 is 28.0 Å². The molecule has 2 bridgehead atoms. The fourth-order valence-corrected chi connectivity index (χ4v) is 8.25. The molecule has 2 atom stereocenters. The predicted molar refractivity (Wildman–Crippen MR) is 156 cm³/mol. The predicted octanol–water partition coefficient (Wildman–Crippen LogP) is 6.14. The fourth-order valence-electron chi connectivity index (χ4n) is 7.68. The van der Waals surface area contributed by atoms with Crippen molar-refractivity contribution in [2.24, 2.45) is 4.99 Å². The summed E-state index contributed by atoms with van der Waals surface area (Å²) in [6.07, 6.45) is 12.5. The molecule has 0 N–H and O–H groups in total. The Morgan fingerprint density at radius 3 is 2.39 bits per heavy atom. The number of benzene rings is 2. The largest absolute Gasteiger partial charge is 0.351 e. The first-order valence-corrected chi connectivity index (χ1v) is 15.3. The van der Waals surface area contributed by atoms with Gasteiger partial charge in [0.05, 0.1) is 11.0 Å². The molecule has 0 radical (unpaired) electrons. The number of nitriles is 1. The third kappa shape index (κ3) is 4.63. The van der Waals surface area contributed by atoms with Gasteiger partial charge >= 0.3 is 0 Å². The highest BCUT2D eigenvalue weighted by Crippen LogP contribution is 2.45. The van der Waals surface area contributed by atoms with Crippen molar-refractivity contribution in [2.45, 2.75) is 75.4 Å². The Bertz CT molecular complexity index is 1320. The minimum absolute atomic E-state index is 0.182. The van der Waals surface area contributed by atoms with Gasteiger partial charge in [-0.05, 0) is 87.8 Å². The number of amidine groups is 1. The summed E-state index contributed by atoms with van der Waals surface area (Å²) in [5.41, 5.74) is 4.08. The van der Waals surface area contributed by atoms with Crippen molar-refractivity contribution in [3.63, 3.8) is 0 Å². The Balaban J connectivity index is 1.18. The Kier molecular flexibility index (Phi) is 7.20. The number of likely N-dealkylation sites (tertiary alicyclic amines) is 1. The van der Waals surface area contributed by atoms with Crippen molar-refractivity contribution < 1.29 is 0 Å². The monoisotopic (exact) mass is 526 g/mol. The summed E-state index contributed by atoms with van der Waals surface area (Å²) >= 11 is 1.58. The smallest absolute Gasteiger partial charge is 0.208 e. The maximum Gasteiger partial charge on any atom is 0.208 e. The van der Waals surface area contributed by atoms with E-state index in [2.05, 4.69) is 80.9 Å². The first-order chi connectivity index (χ1) is 18.6. The van der Waals surface area contributed by atoms with E-state index in [0.717, 1.165) is 42.4 Å². The quantitative estimate of drug-likeness (QED) is 0.227. The molecular formula is C31H38N6S. The number of aromatic nitrogens is 2. The highest BCUT2D eigenvalue weighted by Gasteiger charge is 2.44. The average Bonchev–Trinajstić information content (AvgIpc) is 3.42. The van der Waals surface area contributed by atoms with E-state index in [1.807, 2.05) is 12.4 Å². The molecule has 3 aromatic rings. The number of imidazole rings is 1. The van der Waals surface area contributed by atoms with Crippen LogP contribution in [0.5, 0.6) is 0 Å². The lowest BCUT2D eigenvalue weighted by Crippen LogP contribution is -2.48. The third-order valence-electron chi connectivity index (χ3n) is 9.55. The van der Waals surface area contributed by atoms with Gasteiger partial charge in [0.1, 0.15) is 5.82 Å². The van der Waals surface area contributed by atoms with E-state index in [1.165, 1.54) is 49.7 Å². The summed E-state index contributed by atoms with van der Waals surface area (Å²) in [6.45, 7) is 5.26. The van der Waals surface area contributed by atoms with E-state index in [-0.39, 0.29) is 5.41 Å². The molecule has 6 rings (SSSR count). The van der Waals surface area contributed by atoms with Crippen LogP contribution in [0.4, 0.5) is 0 Å². The van der Waals surface area contributed by atoms with Crippen LogP contribution in [0, 0.1) is 18.4 Å². The molecule has 3 saturated heterocycles. The Morgan fingerprint density at radius 2 is 1.71 bits per heavy atom. The normalized spacial score (nSPS) is 25.6. The lowest BCUT2D eigenvalue weighted by molar-refractivity contribution is 0.0890. The minimum atomic E-state index is 0.182. The second kappa shape index (κ2) is 10.7. The minimum Gasteiger partial charge on any atom is -0.351 e. The van der Waals surface area contributed by atoms with Gasteiger partial charge in [0.15, 0.2) is 5.17 Å². The summed E-state index contributed by atoms with van der Waals surface area (Å²) in [5, 5.41) is 9.98. The van der Waals surface area contributed by atoms with Crippen LogP contribution >= 0.6 is 11.8 Å². The van der Waals surface area contributed by atoms with Crippen LogP contribution in [-0.4, -0.2) is 62.5 Å². The van der Waals surface area contributed by atoms with Gasteiger partial charge in [0.2, 0.25) is 6.19 Å². The van der Waals surface area contributed by atoms with E-state index in [9.17, 15) is 0 Å². The molecule has 0 saturated carbocycles. The van der Waals surface area contributed by atoms with Crippen molar-refractivity contribution in [2.75, 3.05) is 25.9 Å². The molecule has 3 fully saturated rings. The van der Waals surface area contributed by atoms with Gasteiger partial charge in [-0.15, -0.1) is 4.99 Å². The topological polar surface area (TPSA) is 60.5 Å². The Hall–Kier alpha value is -2.82. The number of piperidine rings is 2. The molecule has 38 heavy (non-hydrogen) atoms. The molecule has 4 heterocycles. The van der Waals surface area contributed by atoms with Gasteiger partial charge in [0.25, 0.3) is 0 Å². The van der Waals surface area contributed by atoms with Crippen LogP contribution in [0.15, 0.2) is 59.6 Å². The molecule has 2 aromatic carbocycles. The number of rotatable bonds is 5. The average molecular weight is 527 g/mol. The first kappa shape index (κ1) is 25.5. The summed E-state index contributed by atoms with van der Waals surface area (Å²) in [4.78, 5) is 14.1. The van der Waals surface area contributed by atoms with Gasteiger partial charge in [0, 0.05) is 31.2 Å². The number of hydrogen-bond donors (Lipinski definition) is 0. The highest BCUT2D eigenvalue weighted by atomic mass is 32.2. The van der Waals surface area contributed by atoms with Crippen molar-refractivity contribution in [3.8, 4) is 6.19 Å². The molecular weight excluding hydrogens is 488 g/mol. The second-order valence-corrected chi connectivity index (χ2v) is 12.1. The van der Waals surface area contributed by atoms with Gasteiger partial charge in [-0.25, -0.2) is 4.98 Å². The zero-order valence-electron chi connectivity index (χ0n) is 22.6. The molecule has 7 heteroatoms. The van der Waals surface area contributed by atoms with E-state index < -0.39 is 0 Å². The number of nitrogens with zero attached hydrogens (tertiary/aromatic N) is 6. The van der Waals surface area contributed by atoms with Crippen LogP contribution in [0.2, 0.25) is 0 Å². The molecule has 2 unspecified atom stereocenters. The zero-order valence-corrected chi connectivity index (χ0v) is 23.4. The van der Waals surface area contributed by atoms with Gasteiger partial charge < -0.3 is 9.47 Å². The first-order valence-electron chi connectivity index (χ1n) is 14.1. The second-order valence-electron chi connectivity index (χ2n) is 11.3. The number of aliphatic imine (C=N–C) groups is 1. The zero-order chi connectivity index (χ0) is 26.1. The number of aryl methyl sites for hydroxylation is 1. The van der Waals surface area contributed by atoms with Crippen LogP contribution < -0.4 is 0 Å². The lowest BCUT2D eigenvalue weighted by atomic mass is 9.70. The molecule has 3 aliphatic rings. The maximum atomic E-state index is 9.12. The molecule has 198 valence electrons.